The fraction of sp³-hybridized carbons (Fsp3) is 0.550. The summed E-state index contributed by atoms with van der Waals surface area (Å²) in [5.41, 5.74) is 2.13. The molecule has 0 aromatic heterocycles. The second-order valence-corrected chi connectivity index (χ2v) is 7.18. The van der Waals surface area contributed by atoms with Crippen LogP contribution >= 0.6 is 0 Å². The number of ether oxygens (including phenoxy) is 1. The number of likely N-dealkylation sites (tertiary alicyclic amines) is 1. The van der Waals surface area contributed by atoms with Crippen molar-refractivity contribution >= 4 is 17.9 Å². The van der Waals surface area contributed by atoms with Crippen LogP contribution < -0.4 is 0 Å². The van der Waals surface area contributed by atoms with E-state index < -0.39 is 0 Å². The van der Waals surface area contributed by atoms with Gasteiger partial charge in [-0.05, 0) is 19.4 Å². The van der Waals surface area contributed by atoms with Crippen molar-refractivity contribution < 1.29 is 19.1 Å². The number of aryl methyl sites for hydroxylation is 1. The molecule has 2 fully saturated rings. The van der Waals surface area contributed by atoms with Crippen LogP contribution in [0, 0.1) is 12.8 Å². The molecule has 0 saturated carbocycles. The minimum Gasteiger partial charge on any atom is -0.450 e. The Kier molecular flexibility index (Phi) is 5.68. The molecule has 2 saturated heterocycles. The maximum atomic E-state index is 13.2. The van der Waals surface area contributed by atoms with Crippen LogP contribution in [0.5, 0.6) is 0 Å². The first-order valence-corrected chi connectivity index (χ1v) is 9.45. The van der Waals surface area contributed by atoms with Crippen LogP contribution in [0.15, 0.2) is 24.3 Å². The van der Waals surface area contributed by atoms with Crippen LogP contribution in [0.2, 0.25) is 0 Å². The van der Waals surface area contributed by atoms with Gasteiger partial charge in [-0.25, -0.2) is 4.79 Å². The lowest BCUT2D eigenvalue weighted by Crippen LogP contribution is -2.52. The van der Waals surface area contributed by atoms with Gasteiger partial charge in [0.25, 0.3) is 0 Å². The molecule has 0 N–H and O–H groups in total. The molecular formula is C20H27N3O4. The highest BCUT2D eigenvalue weighted by Crippen LogP contribution is 2.38. The van der Waals surface area contributed by atoms with Gasteiger partial charge in [0, 0.05) is 39.6 Å². The first kappa shape index (κ1) is 19.2. The van der Waals surface area contributed by atoms with Gasteiger partial charge in [-0.3, -0.25) is 9.59 Å². The molecule has 0 unspecified atom stereocenters. The Morgan fingerprint density at radius 1 is 1.07 bits per heavy atom. The summed E-state index contributed by atoms with van der Waals surface area (Å²) in [6, 6.07) is 7.76. The van der Waals surface area contributed by atoms with Gasteiger partial charge in [-0.1, -0.05) is 29.8 Å². The number of rotatable bonds is 3. The molecule has 2 aliphatic rings. The molecule has 27 heavy (non-hydrogen) atoms. The second kappa shape index (κ2) is 7.98. The van der Waals surface area contributed by atoms with Crippen LogP contribution in [0.1, 0.15) is 30.5 Å². The molecule has 0 radical (unpaired) electrons. The van der Waals surface area contributed by atoms with E-state index in [0.29, 0.717) is 32.8 Å². The SMILES string of the molecule is CCOC(=O)N1CCN(C(=O)[C@H]2CC(=O)N(C)[C@H]2c2ccc(C)cc2)CC1. The summed E-state index contributed by atoms with van der Waals surface area (Å²) in [4.78, 5) is 42.4. The Morgan fingerprint density at radius 2 is 1.67 bits per heavy atom. The molecule has 0 spiro atoms. The van der Waals surface area contributed by atoms with E-state index in [1.165, 1.54) is 0 Å². The molecular weight excluding hydrogens is 346 g/mol. The smallest absolute Gasteiger partial charge is 0.409 e. The number of piperazine rings is 1. The monoisotopic (exact) mass is 373 g/mol. The van der Waals surface area contributed by atoms with Gasteiger partial charge in [-0.2, -0.15) is 0 Å². The minimum absolute atomic E-state index is 0.0101. The quantitative estimate of drug-likeness (QED) is 0.810. The number of hydrogen-bond donors (Lipinski definition) is 0. The number of benzene rings is 1. The highest BCUT2D eigenvalue weighted by molar-refractivity contribution is 5.90. The normalized spacial score (nSPS) is 22.9. The molecule has 146 valence electrons. The van der Waals surface area contributed by atoms with Gasteiger partial charge >= 0.3 is 6.09 Å². The van der Waals surface area contributed by atoms with Gasteiger partial charge in [0.1, 0.15) is 0 Å². The summed E-state index contributed by atoms with van der Waals surface area (Å²) in [7, 11) is 1.76. The second-order valence-electron chi connectivity index (χ2n) is 7.18. The van der Waals surface area contributed by atoms with Crippen molar-refractivity contribution in [2.75, 3.05) is 39.8 Å². The number of carbonyl (C=O) groups excluding carboxylic acids is 3. The lowest BCUT2D eigenvalue weighted by atomic mass is 9.91. The van der Waals surface area contributed by atoms with E-state index in [1.807, 2.05) is 31.2 Å². The fourth-order valence-corrected chi connectivity index (χ4v) is 3.87. The Balaban J connectivity index is 1.70. The summed E-state index contributed by atoms with van der Waals surface area (Å²) in [6.07, 6.45) is -0.107. The van der Waals surface area contributed by atoms with Crippen LogP contribution in [-0.4, -0.2) is 72.4 Å². The molecule has 2 atom stereocenters. The highest BCUT2D eigenvalue weighted by Gasteiger charge is 2.44. The van der Waals surface area contributed by atoms with Crippen LogP contribution in [0.4, 0.5) is 4.79 Å². The average Bonchev–Trinajstić information content (AvgIpc) is 2.97. The van der Waals surface area contributed by atoms with Crippen molar-refractivity contribution in [1.29, 1.82) is 0 Å². The number of amides is 3. The summed E-state index contributed by atoms with van der Waals surface area (Å²) in [5.74, 6) is -0.412. The highest BCUT2D eigenvalue weighted by atomic mass is 16.6. The molecule has 3 rings (SSSR count). The molecule has 1 aromatic carbocycles. The summed E-state index contributed by atoms with van der Waals surface area (Å²) in [5, 5.41) is 0. The lowest BCUT2D eigenvalue weighted by Gasteiger charge is -2.36. The average molecular weight is 373 g/mol. The third-order valence-corrected chi connectivity index (χ3v) is 5.44. The Labute approximate surface area is 159 Å². The summed E-state index contributed by atoms with van der Waals surface area (Å²) < 4.78 is 5.02. The molecule has 1 aromatic rings. The predicted molar refractivity (Wildman–Crippen MR) is 100.0 cm³/mol. The summed E-state index contributed by atoms with van der Waals surface area (Å²) >= 11 is 0. The van der Waals surface area contributed by atoms with Crippen molar-refractivity contribution in [3.05, 3.63) is 35.4 Å². The third kappa shape index (κ3) is 3.91. The van der Waals surface area contributed by atoms with E-state index in [0.717, 1.165) is 11.1 Å². The van der Waals surface area contributed by atoms with Gasteiger partial charge in [0.2, 0.25) is 11.8 Å². The topological polar surface area (TPSA) is 70.2 Å². The van der Waals surface area contributed by atoms with Crippen LogP contribution in [0.25, 0.3) is 0 Å². The van der Waals surface area contributed by atoms with Gasteiger partial charge in [0.15, 0.2) is 0 Å². The minimum atomic E-state index is -0.389. The van der Waals surface area contributed by atoms with Gasteiger partial charge < -0.3 is 19.4 Å². The fourth-order valence-electron chi connectivity index (χ4n) is 3.87. The van der Waals surface area contributed by atoms with Gasteiger partial charge in [0.05, 0.1) is 18.6 Å². The number of nitrogens with zero attached hydrogens (tertiary/aromatic N) is 3. The molecule has 3 amide bonds. The lowest BCUT2D eigenvalue weighted by molar-refractivity contribution is -0.138. The zero-order valence-electron chi connectivity index (χ0n) is 16.2. The van der Waals surface area contributed by atoms with Gasteiger partial charge in [-0.15, -0.1) is 0 Å². The van der Waals surface area contributed by atoms with Crippen LogP contribution in [0.3, 0.4) is 0 Å². The van der Waals surface area contributed by atoms with E-state index in [2.05, 4.69) is 0 Å². The Bertz CT molecular complexity index is 710. The molecule has 2 aliphatic heterocycles. The standard InChI is InChI=1S/C20H27N3O4/c1-4-27-20(26)23-11-9-22(10-12-23)19(25)16-13-17(24)21(3)18(16)15-7-5-14(2)6-8-15/h5-8,16,18H,4,9-13H2,1-3H3/t16-,18-/m0/s1. The Hall–Kier alpha value is -2.57. The van der Waals surface area contributed by atoms with E-state index in [1.54, 1.807) is 28.7 Å². The summed E-state index contributed by atoms with van der Waals surface area (Å²) in [6.45, 7) is 5.97. The molecule has 0 bridgehead atoms. The van der Waals surface area contributed by atoms with Crippen LogP contribution in [-0.2, 0) is 14.3 Å². The molecule has 7 nitrogen and oxygen atoms in total. The van der Waals surface area contributed by atoms with E-state index in [4.69, 9.17) is 4.74 Å². The zero-order chi connectivity index (χ0) is 19.6. The molecule has 0 aliphatic carbocycles. The maximum absolute atomic E-state index is 13.2. The van der Waals surface area contributed by atoms with Crippen molar-refractivity contribution in [1.82, 2.24) is 14.7 Å². The predicted octanol–water partition coefficient (Wildman–Crippen LogP) is 1.82. The van der Waals surface area contributed by atoms with E-state index >= 15 is 0 Å². The molecule has 2 heterocycles. The molecule has 7 heteroatoms. The van der Waals surface area contributed by atoms with Crippen molar-refractivity contribution in [2.24, 2.45) is 5.92 Å². The number of carbonyl (C=O) groups is 3. The van der Waals surface area contributed by atoms with Crippen molar-refractivity contribution in [2.45, 2.75) is 26.3 Å². The van der Waals surface area contributed by atoms with Crippen molar-refractivity contribution in [3.8, 4) is 0 Å². The van der Waals surface area contributed by atoms with Crippen molar-refractivity contribution in [3.63, 3.8) is 0 Å². The first-order valence-electron chi connectivity index (χ1n) is 9.45. The number of hydrogen-bond acceptors (Lipinski definition) is 4. The zero-order valence-corrected chi connectivity index (χ0v) is 16.2. The maximum Gasteiger partial charge on any atom is 0.409 e. The van der Waals surface area contributed by atoms with E-state index in [-0.39, 0.29) is 36.3 Å². The third-order valence-electron chi connectivity index (χ3n) is 5.44. The first-order chi connectivity index (χ1) is 12.9. The Morgan fingerprint density at radius 3 is 2.26 bits per heavy atom. The largest absolute Gasteiger partial charge is 0.450 e. The van der Waals surface area contributed by atoms with E-state index in [9.17, 15) is 14.4 Å².